The summed E-state index contributed by atoms with van der Waals surface area (Å²) in [7, 11) is 0. The van der Waals surface area contributed by atoms with Gasteiger partial charge in [-0.1, -0.05) is 0 Å². The first-order valence-electron chi connectivity index (χ1n) is 3.39. The second-order valence-electron chi connectivity index (χ2n) is 2.85. The fraction of sp³-hybridized carbons (Fsp3) is 0.500. The summed E-state index contributed by atoms with van der Waals surface area (Å²) in [6.45, 7) is 5.86. The first-order valence-corrected chi connectivity index (χ1v) is 6.50. The molecule has 0 amide bonds. The second kappa shape index (κ2) is 3.13. The summed E-state index contributed by atoms with van der Waals surface area (Å²) in [6.07, 6.45) is 8.78. The molecule has 1 aliphatic carbocycles. The van der Waals surface area contributed by atoms with Crippen LogP contribution in [0.1, 0.15) is 13.8 Å². The van der Waals surface area contributed by atoms with E-state index in [1.807, 2.05) is 0 Å². The van der Waals surface area contributed by atoms with E-state index in [1.54, 1.807) is 0 Å². The van der Waals surface area contributed by atoms with Crippen molar-refractivity contribution in [3.8, 4) is 0 Å². The molecule has 2 atom stereocenters. The quantitative estimate of drug-likeness (QED) is 0.467. The topological polar surface area (TPSA) is 0 Å². The Morgan fingerprint density at radius 1 is 1.50 bits per heavy atom. The van der Waals surface area contributed by atoms with Gasteiger partial charge >= 0.3 is 71.2 Å². The molecule has 0 saturated carbocycles. The summed E-state index contributed by atoms with van der Waals surface area (Å²) >= 11 is 3.07. The summed E-state index contributed by atoms with van der Waals surface area (Å²) in [5, 5.41) is 0.328. The number of hydrogen-bond donors (Lipinski definition) is 0. The van der Waals surface area contributed by atoms with Gasteiger partial charge in [0.2, 0.25) is 0 Å². The Kier molecular flexibility index (Phi) is 2.63. The Morgan fingerprint density at radius 2 is 2.20 bits per heavy atom. The molecule has 0 aromatic heterocycles. The van der Waals surface area contributed by atoms with Gasteiger partial charge in [-0.3, -0.25) is 0 Å². The third kappa shape index (κ3) is 1.48. The summed E-state index contributed by atoms with van der Waals surface area (Å²) in [6, 6.07) is 0. The van der Waals surface area contributed by atoms with Crippen molar-refractivity contribution in [2.24, 2.45) is 5.92 Å². The van der Waals surface area contributed by atoms with Gasteiger partial charge in [0.25, 0.3) is 0 Å². The van der Waals surface area contributed by atoms with E-state index in [4.69, 9.17) is 0 Å². The van der Waals surface area contributed by atoms with E-state index in [0.717, 1.165) is 0 Å². The van der Waals surface area contributed by atoms with Crippen LogP contribution in [0, 0.1) is 5.92 Å². The van der Waals surface area contributed by atoms with E-state index in [1.165, 1.54) is 6.83 Å². The fourth-order valence-corrected chi connectivity index (χ4v) is 2.77. The van der Waals surface area contributed by atoms with E-state index in [-0.39, 0.29) is 0 Å². The number of hydrogen-bond acceptors (Lipinski definition) is 0. The molecular weight excluding hydrogens is 206 g/mol. The molecule has 0 spiro atoms. The standard InChI is InChI=1S/C8H11PSe/c1-7-5-3-4-6-8(7,2)9-10/h3-7H,1-2H3. The molecule has 10 heavy (non-hydrogen) atoms. The maximum absolute atomic E-state index is 3.07. The number of rotatable bonds is 1. The van der Waals surface area contributed by atoms with Crippen molar-refractivity contribution >= 4 is 21.9 Å². The molecule has 0 nitrogen and oxygen atoms in total. The van der Waals surface area contributed by atoms with Crippen molar-refractivity contribution in [1.82, 2.24) is 0 Å². The SMILES string of the molecule is CC1C=CC=CC1(C)P=[Se]. The van der Waals surface area contributed by atoms with Gasteiger partial charge in [-0.15, -0.1) is 0 Å². The van der Waals surface area contributed by atoms with Crippen molar-refractivity contribution in [2.45, 2.75) is 19.0 Å². The Morgan fingerprint density at radius 3 is 2.60 bits per heavy atom. The Labute approximate surface area is 71.5 Å². The Hall–Kier alpha value is 0.299. The molecule has 1 rings (SSSR count). The zero-order valence-electron chi connectivity index (χ0n) is 6.24. The van der Waals surface area contributed by atoms with E-state index >= 15 is 0 Å². The van der Waals surface area contributed by atoms with E-state index in [0.29, 0.717) is 11.1 Å². The molecule has 0 heterocycles. The van der Waals surface area contributed by atoms with Crippen LogP contribution in [0.3, 0.4) is 0 Å². The summed E-state index contributed by atoms with van der Waals surface area (Å²) in [4.78, 5) is 0. The third-order valence-corrected chi connectivity index (χ3v) is 5.49. The third-order valence-electron chi connectivity index (χ3n) is 2.06. The zero-order valence-corrected chi connectivity index (χ0v) is 8.85. The first kappa shape index (κ1) is 8.40. The van der Waals surface area contributed by atoms with Crippen LogP contribution in [0.5, 0.6) is 0 Å². The molecule has 0 bridgehead atoms. The van der Waals surface area contributed by atoms with Crippen LogP contribution in [-0.4, -0.2) is 20.3 Å². The predicted octanol–water partition coefficient (Wildman–Crippen LogP) is 2.54. The van der Waals surface area contributed by atoms with Crippen LogP contribution in [0.25, 0.3) is 0 Å². The van der Waals surface area contributed by atoms with Crippen LogP contribution < -0.4 is 0 Å². The van der Waals surface area contributed by atoms with E-state index in [9.17, 15) is 0 Å². The molecule has 0 aromatic carbocycles. The van der Waals surface area contributed by atoms with Crippen LogP contribution in [-0.2, 0) is 0 Å². The monoisotopic (exact) mass is 218 g/mol. The average molecular weight is 217 g/mol. The zero-order chi connectivity index (χ0) is 7.61. The molecular formula is C8H11PSe. The first-order chi connectivity index (χ1) is 4.69. The predicted molar refractivity (Wildman–Crippen MR) is 48.5 cm³/mol. The molecule has 0 fully saturated rings. The molecule has 0 saturated heterocycles. The van der Waals surface area contributed by atoms with Gasteiger partial charge in [-0.2, -0.15) is 0 Å². The molecule has 0 radical (unpaired) electrons. The normalized spacial score (nSPS) is 38.8. The molecule has 0 aromatic rings. The summed E-state index contributed by atoms with van der Waals surface area (Å²) in [5.74, 6) is 0.653. The van der Waals surface area contributed by atoms with Gasteiger partial charge in [-0.25, -0.2) is 0 Å². The molecule has 54 valence electrons. The van der Waals surface area contributed by atoms with Crippen LogP contribution in [0.15, 0.2) is 24.3 Å². The molecule has 2 heteroatoms. The molecule has 0 aliphatic heterocycles. The van der Waals surface area contributed by atoms with Gasteiger partial charge in [0.15, 0.2) is 0 Å². The summed E-state index contributed by atoms with van der Waals surface area (Å²) in [5.41, 5.74) is 0. The van der Waals surface area contributed by atoms with Crippen molar-refractivity contribution in [2.75, 3.05) is 0 Å². The average Bonchev–Trinajstić information content (AvgIpc) is 1.96. The van der Waals surface area contributed by atoms with E-state index < -0.39 is 0 Å². The van der Waals surface area contributed by atoms with Crippen LogP contribution in [0.4, 0.5) is 0 Å². The fourth-order valence-electron chi connectivity index (χ4n) is 0.941. The molecule has 2 unspecified atom stereocenters. The molecule has 0 N–H and O–H groups in total. The Balaban J connectivity index is 2.87. The van der Waals surface area contributed by atoms with Gasteiger partial charge in [-0.05, 0) is 0 Å². The van der Waals surface area contributed by atoms with Gasteiger partial charge in [0.1, 0.15) is 0 Å². The van der Waals surface area contributed by atoms with Gasteiger partial charge < -0.3 is 0 Å². The Bertz CT molecular complexity index is 195. The van der Waals surface area contributed by atoms with Crippen molar-refractivity contribution in [1.29, 1.82) is 0 Å². The maximum atomic E-state index is 3.07. The minimum absolute atomic E-state index is 0.328. The van der Waals surface area contributed by atoms with Gasteiger partial charge in [0, 0.05) is 0 Å². The molecule has 1 aliphatic rings. The van der Waals surface area contributed by atoms with E-state index in [2.05, 4.69) is 53.2 Å². The minimum atomic E-state index is 0.328. The number of allylic oxidation sites excluding steroid dienone is 4. The van der Waals surface area contributed by atoms with Crippen LogP contribution in [0.2, 0.25) is 0 Å². The van der Waals surface area contributed by atoms with Crippen molar-refractivity contribution < 1.29 is 0 Å². The van der Waals surface area contributed by atoms with Crippen LogP contribution >= 0.6 is 6.83 Å². The van der Waals surface area contributed by atoms with Crippen molar-refractivity contribution in [3.05, 3.63) is 24.3 Å². The second-order valence-corrected chi connectivity index (χ2v) is 5.15. The summed E-state index contributed by atoms with van der Waals surface area (Å²) < 4.78 is 0. The van der Waals surface area contributed by atoms with Gasteiger partial charge in [0.05, 0.1) is 0 Å². The van der Waals surface area contributed by atoms with Crippen molar-refractivity contribution in [3.63, 3.8) is 0 Å².